The number of hydrogen-bond acceptors (Lipinski definition) is 3. The topological polar surface area (TPSA) is 48.5 Å². The Balaban J connectivity index is 1.01. The van der Waals surface area contributed by atoms with Gasteiger partial charge in [-0.25, -0.2) is 4.98 Å². The summed E-state index contributed by atoms with van der Waals surface area (Å²) >= 11 is 0. The number of nitrogens with zero attached hydrogens (tertiary/aromatic N) is 5. The van der Waals surface area contributed by atoms with E-state index in [1.807, 2.05) is 18.2 Å². The predicted octanol–water partition coefficient (Wildman–Crippen LogP) is 16.1. The first-order chi connectivity index (χ1) is 33.7. The van der Waals surface area contributed by atoms with E-state index in [2.05, 4.69) is 240 Å². The second-order valence-corrected chi connectivity index (χ2v) is 17.2. The van der Waals surface area contributed by atoms with Crippen molar-refractivity contribution in [3.8, 4) is 78.9 Å². The molecule has 318 valence electrons. The quantitative estimate of drug-likeness (QED) is 0.153. The van der Waals surface area contributed by atoms with Gasteiger partial charge in [0.15, 0.2) is 11.6 Å². The van der Waals surface area contributed by atoms with Gasteiger partial charge in [0.1, 0.15) is 0 Å². The molecule has 3 heterocycles. The highest BCUT2D eigenvalue weighted by molar-refractivity contribution is 6.15. The van der Waals surface area contributed by atoms with Crippen LogP contribution in [0.25, 0.3) is 123 Å². The van der Waals surface area contributed by atoms with Crippen LogP contribution in [0.15, 0.2) is 249 Å². The maximum Gasteiger partial charge on any atom is 0.238 e. The Bertz CT molecular complexity index is 3930. The molecule has 0 aliphatic rings. The standard InChI is InChI=1S/C63H41N5/c1-5-19-42(20-6-1)48-37-38-50(59(41-48)67-56-30-16-13-27-51(56)52-28-14-17-31-57(52)67)45-33-35-47(36-34-45)62-64-61(46-25-11-4-12-26-46)65-63(66-62)68-58-32-18-15-29-53(58)55-40-49(43-21-7-2-8-22-43)39-54(60(55)68)44-23-9-3-10-24-44/h1-41H. The molecule has 0 N–H and O–H groups in total. The van der Waals surface area contributed by atoms with E-state index < -0.39 is 0 Å². The van der Waals surface area contributed by atoms with E-state index in [0.29, 0.717) is 17.6 Å². The molecule has 0 amide bonds. The van der Waals surface area contributed by atoms with Crippen LogP contribution in [0.5, 0.6) is 0 Å². The summed E-state index contributed by atoms with van der Waals surface area (Å²) in [5, 5.41) is 4.71. The zero-order chi connectivity index (χ0) is 45.0. The molecule has 68 heavy (non-hydrogen) atoms. The number of para-hydroxylation sites is 3. The Morgan fingerprint density at radius 2 is 0.662 bits per heavy atom. The fourth-order valence-corrected chi connectivity index (χ4v) is 10.0. The summed E-state index contributed by atoms with van der Waals surface area (Å²) in [6, 6.07) is 88.2. The van der Waals surface area contributed by atoms with Crippen molar-refractivity contribution in [2.45, 2.75) is 0 Å². The van der Waals surface area contributed by atoms with Crippen molar-refractivity contribution in [2.75, 3.05) is 0 Å². The van der Waals surface area contributed by atoms with Gasteiger partial charge >= 0.3 is 0 Å². The molecular formula is C63H41N5. The van der Waals surface area contributed by atoms with Crippen LogP contribution in [-0.4, -0.2) is 24.1 Å². The van der Waals surface area contributed by atoms with Crippen molar-refractivity contribution in [3.63, 3.8) is 0 Å². The van der Waals surface area contributed by atoms with Crippen molar-refractivity contribution in [3.05, 3.63) is 249 Å². The largest absolute Gasteiger partial charge is 0.309 e. The number of fused-ring (bicyclic) bond motifs is 6. The van der Waals surface area contributed by atoms with E-state index in [0.717, 1.165) is 77.6 Å². The highest BCUT2D eigenvalue weighted by atomic mass is 15.2. The second kappa shape index (κ2) is 16.4. The Morgan fingerprint density at radius 3 is 1.24 bits per heavy atom. The van der Waals surface area contributed by atoms with Crippen LogP contribution in [-0.2, 0) is 0 Å². The summed E-state index contributed by atoms with van der Waals surface area (Å²) < 4.78 is 4.66. The summed E-state index contributed by atoms with van der Waals surface area (Å²) in [6.07, 6.45) is 0. The highest BCUT2D eigenvalue weighted by Gasteiger charge is 2.23. The smallest absolute Gasteiger partial charge is 0.238 e. The minimum absolute atomic E-state index is 0.555. The lowest BCUT2D eigenvalue weighted by atomic mass is 9.95. The molecule has 13 rings (SSSR count). The molecule has 0 unspecified atom stereocenters. The highest BCUT2D eigenvalue weighted by Crippen LogP contribution is 2.42. The lowest BCUT2D eigenvalue weighted by Gasteiger charge is -2.17. The molecule has 3 aromatic heterocycles. The summed E-state index contributed by atoms with van der Waals surface area (Å²) in [4.78, 5) is 15.9. The predicted molar refractivity (Wildman–Crippen MR) is 281 cm³/mol. The zero-order valence-corrected chi connectivity index (χ0v) is 36.9. The fraction of sp³-hybridized carbons (Fsp3) is 0. The van der Waals surface area contributed by atoms with Gasteiger partial charge in [-0.2, -0.15) is 9.97 Å². The van der Waals surface area contributed by atoms with E-state index in [9.17, 15) is 0 Å². The van der Waals surface area contributed by atoms with Crippen LogP contribution in [0.1, 0.15) is 0 Å². The molecule has 5 heteroatoms. The molecule has 10 aromatic carbocycles. The van der Waals surface area contributed by atoms with Gasteiger partial charge in [-0.05, 0) is 69.8 Å². The maximum atomic E-state index is 5.40. The first kappa shape index (κ1) is 39.2. The molecule has 0 atom stereocenters. The Kier molecular flexibility index (Phi) is 9.43. The van der Waals surface area contributed by atoms with Crippen molar-refractivity contribution in [1.82, 2.24) is 24.1 Å². The van der Waals surface area contributed by atoms with E-state index in [1.54, 1.807) is 0 Å². The van der Waals surface area contributed by atoms with E-state index >= 15 is 0 Å². The lowest BCUT2D eigenvalue weighted by Crippen LogP contribution is -2.07. The third kappa shape index (κ3) is 6.68. The second-order valence-electron chi connectivity index (χ2n) is 17.2. The number of benzene rings is 10. The zero-order valence-electron chi connectivity index (χ0n) is 36.9. The van der Waals surface area contributed by atoms with Crippen molar-refractivity contribution in [1.29, 1.82) is 0 Å². The van der Waals surface area contributed by atoms with Gasteiger partial charge in [0.25, 0.3) is 0 Å². The number of rotatable bonds is 8. The first-order valence-electron chi connectivity index (χ1n) is 23.0. The molecule has 0 fully saturated rings. The molecule has 0 saturated carbocycles. The van der Waals surface area contributed by atoms with Gasteiger partial charge in [-0.15, -0.1) is 0 Å². The normalized spacial score (nSPS) is 11.5. The van der Waals surface area contributed by atoms with Crippen molar-refractivity contribution >= 4 is 43.6 Å². The van der Waals surface area contributed by atoms with Crippen LogP contribution in [0, 0.1) is 0 Å². The number of hydrogen-bond donors (Lipinski definition) is 0. The summed E-state index contributed by atoms with van der Waals surface area (Å²) in [5.41, 5.74) is 16.4. The van der Waals surface area contributed by atoms with E-state index in [-0.39, 0.29) is 0 Å². The monoisotopic (exact) mass is 867 g/mol. The molecule has 0 spiro atoms. The minimum atomic E-state index is 0.555. The van der Waals surface area contributed by atoms with Crippen LogP contribution in [0.4, 0.5) is 0 Å². The SMILES string of the molecule is c1ccc(-c2ccc(-c3ccc(-c4nc(-c5ccccc5)nc(-n5c6ccccc6c6cc(-c7ccccc7)cc(-c7ccccc7)c65)n4)cc3)c(-n3c4ccccc4c4ccccc43)c2)cc1. The summed E-state index contributed by atoms with van der Waals surface area (Å²) in [5.74, 6) is 1.75. The average Bonchev–Trinajstić information content (AvgIpc) is 3.94. The van der Waals surface area contributed by atoms with Crippen molar-refractivity contribution < 1.29 is 0 Å². The lowest BCUT2D eigenvalue weighted by molar-refractivity contribution is 0.954. The average molecular weight is 868 g/mol. The molecule has 0 bridgehead atoms. The van der Waals surface area contributed by atoms with Crippen LogP contribution in [0.2, 0.25) is 0 Å². The van der Waals surface area contributed by atoms with E-state index in [4.69, 9.17) is 15.0 Å². The van der Waals surface area contributed by atoms with Gasteiger partial charge in [0, 0.05) is 43.8 Å². The fourth-order valence-electron chi connectivity index (χ4n) is 10.0. The van der Waals surface area contributed by atoms with E-state index in [1.165, 1.54) is 27.4 Å². The molecular weight excluding hydrogens is 827 g/mol. The summed E-state index contributed by atoms with van der Waals surface area (Å²) in [6.45, 7) is 0. The third-order valence-corrected chi connectivity index (χ3v) is 13.2. The molecule has 0 aliphatic carbocycles. The Hall–Kier alpha value is -9.19. The molecule has 0 radical (unpaired) electrons. The van der Waals surface area contributed by atoms with Gasteiger partial charge in [0.05, 0.1) is 27.8 Å². The molecule has 13 aromatic rings. The first-order valence-corrected chi connectivity index (χ1v) is 23.0. The third-order valence-electron chi connectivity index (χ3n) is 13.2. The molecule has 0 aliphatic heterocycles. The minimum Gasteiger partial charge on any atom is -0.309 e. The van der Waals surface area contributed by atoms with Crippen LogP contribution < -0.4 is 0 Å². The summed E-state index contributed by atoms with van der Waals surface area (Å²) in [7, 11) is 0. The van der Waals surface area contributed by atoms with Gasteiger partial charge < -0.3 is 4.57 Å². The van der Waals surface area contributed by atoms with Gasteiger partial charge in [-0.1, -0.05) is 212 Å². The maximum absolute atomic E-state index is 5.40. The Morgan fingerprint density at radius 1 is 0.250 bits per heavy atom. The Labute approximate surface area is 393 Å². The van der Waals surface area contributed by atoms with Crippen LogP contribution in [0.3, 0.4) is 0 Å². The molecule has 0 saturated heterocycles. The number of aromatic nitrogens is 5. The van der Waals surface area contributed by atoms with Gasteiger partial charge in [-0.3, -0.25) is 4.57 Å². The van der Waals surface area contributed by atoms with Crippen LogP contribution >= 0.6 is 0 Å². The van der Waals surface area contributed by atoms with Crippen molar-refractivity contribution in [2.24, 2.45) is 0 Å². The van der Waals surface area contributed by atoms with Gasteiger partial charge in [0.2, 0.25) is 5.95 Å². The molecule has 5 nitrogen and oxygen atoms in total.